The fraction of sp³-hybridized carbons (Fsp3) is 0.526. The van der Waals surface area contributed by atoms with E-state index in [0.29, 0.717) is 40.9 Å². The van der Waals surface area contributed by atoms with Crippen molar-refractivity contribution < 1.29 is 19.1 Å². The summed E-state index contributed by atoms with van der Waals surface area (Å²) < 4.78 is 5.09. The largest absolute Gasteiger partial charge is 0.462 e. The van der Waals surface area contributed by atoms with Crippen molar-refractivity contribution in [2.24, 2.45) is 0 Å². The molecule has 0 N–H and O–H groups in total. The number of ether oxygens (including phenoxy) is 1. The molecule has 2 rings (SSSR count). The molecule has 1 aromatic carbocycles. The Balaban J connectivity index is 2.37. The summed E-state index contributed by atoms with van der Waals surface area (Å²) in [7, 11) is 0. The first-order chi connectivity index (χ1) is 11.9. The number of hydrogen-bond donors (Lipinski definition) is 0. The molecule has 0 radical (unpaired) electrons. The zero-order valence-electron chi connectivity index (χ0n) is 15.6. The second kappa shape index (κ2) is 7.78. The molecule has 0 saturated carbocycles. The molecular formula is C19H26N2O4. The Labute approximate surface area is 148 Å². The first-order valence-corrected chi connectivity index (χ1v) is 8.77. The summed E-state index contributed by atoms with van der Waals surface area (Å²) >= 11 is 0. The highest BCUT2D eigenvalue weighted by atomic mass is 16.5. The Kier molecular flexibility index (Phi) is 5.95. The van der Waals surface area contributed by atoms with Crippen LogP contribution in [0.3, 0.4) is 0 Å². The minimum Gasteiger partial charge on any atom is -0.462 e. The zero-order chi connectivity index (χ0) is 18.7. The maximum absolute atomic E-state index is 12.8. The lowest BCUT2D eigenvalue weighted by Gasteiger charge is -2.21. The molecule has 1 heterocycles. The van der Waals surface area contributed by atoms with Crippen LogP contribution >= 0.6 is 0 Å². The van der Waals surface area contributed by atoms with Crippen molar-refractivity contribution in [2.75, 3.05) is 32.8 Å². The highest BCUT2D eigenvalue weighted by Crippen LogP contribution is 2.30. The van der Waals surface area contributed by atoms with Crippen molar-refractivity contribution in [3.8, 4) is 0 Å². The average molecular weight is 346 g/mol. The van der Waals surface area contributed by atoms with Gasteiger partial charge in [0.05, 0.1) is 23.3 Å². The number of imide groups is 1. The third-order valence-corrected chi connectivity index (χ3v) is 4.72. The molecule has 2 amide bonds. The Morgan fingerprint density at radius 3 is 2.32 bits per heavy atom. The summed E-state index contributed by atoms with van der Waals surface area (Å²) in [4.78, 5) is 41.1. The third kappa shape index (κ3) is 3.44. The van der Waals surface area contributed by atoms with Crippen LogP contribution in [0.15, 0.2) is 6.07 Å². The van der Waals surface area contributed by atoms with Gasteiger partial charge < -0.3 is 9.64 Å². The molecule has 136 valence electrons. The first-order valence-electron chi connectivity index (χ1n) is 8.77. The van der Waals surface area contributed by atoms with E-state index < -0.39 is 5.97 Å². The average Bonchev–Trinajstić information content (AvgIpc) is 2.80. The Morgan fingerprint density at radius 1 is 1.12 bits per heavy atom. The van der Waals surface area contributed by atoms with Crippen LogP contribution < -0.4 is 0 Å². The van der Waals surface area contributed by atoms with E-state index in [1.54, 1.807) is 26.8 Å². The van der Waals surface area contributed by atoms with Crippen molar-refractivity contribution in [3.05, 3.63) is 33.9 Å². The quantitative estimate of drug-likeness (QED) is 0.560. The summed E-state index contributed by atoms with van der Waals surface area (Å²) in [6.07, 6.45) is 0. The Bertz CT molecular complexity index is 708. The van der Waals surface area contributed by atoms with Crippen LogP contribution in [-0.4, -0.2) is 60.4 Å². The molecule has 1 aliphatic heterocycles. The van der Waals surface area contributed by atoms with Gasteiger partial charge in [0.25, 0.3) is 11.8 Å². The summed E-state index contributed by atoms with van der Waals surface area (Å²) in [6.45, 7) is 12.3. The summed E-state index contributed by atoms with van der Waals surface area (Å²) in [6, 6.07) is 1.63. The Hall–Kier alpha value is -2.21. The molecule has 6 nitrogen and oxygen atoms in total. The van der Waals surface area contributed by atoms with Crippen molar-refractivity contribution in [1.82, 2.24) is 9.80 Å². The molecule has 0 saturated heterocycles. The number of carbonyl (C=O) groups excluding carboxylic acids is 3. The van der Waals surface area contributed by atoms with Crippen molar-refractivity contribution in [2.45, 2.75) is 34.6 Å². The van der Waals surface area contributed by atoms with Gasteiger partial charge in [0.15, 0.2) is 0 Å². The van der Waals surface area contributed by atoms with Gasteiger partial charge in [-0.3, -0.25) is 14.5 Å². The second-order valence-corrected chi connectivity index (χ2v) is 6.13. The molecule has 0 aromatic heterocycles. The number of amides is 2. The third-order valence-electron chi connectivity index (χ3n) is 4.72. The van der Waals surface area contributed by atoms with E-state index in [1.807, 2.05) is 13.8 Å². The molecule has 0 unspecified atom stereocenters. The van der Waals surface area contributed by atoms with Crippen molar-refractivity contribution in [3.63, 3.8) is 0 Å². The number of hydrogen-bond acceptors (Lipinski definition) is 5. The highest BCUT2D eigenvalue weighted by molar-refractivity contribution is 6.23. The number of carbonyl (C=O) groups is 3. The van der Waals surface area contributed by atoms with Crippen LogP contribution in [0.2, 0.25) is 0 Å². The zero-order valence-corrected chi connectivity index (χ0v) is 15.6. The van der Waals surface area contributed by atoms with Gasteiger partial charge in [-0.15, -0.1) is 0 Å². The fourth-order valence-electron chi connectivity index (χ4n) is 3.30. The van der Waals surface area contributed by atoms with Crippen LogP contribution in [0.5, 0.6) is 0 Å². The second-order valence-electron chi connectivity index (χ2n) is 6.13. The van der Waals surface area contributed by atoms with Crippen LogP contribution in [-0.2, 0) is 4.74 Å². The van der Waals surface area contributed by atoms with E-state index in [1.165, 1.54) is 4.90 Å². The summed E-state index contributed by atoms with van der Waals surface area (Å²) in [5.41, 5.74) is 2.27. The highest BCUT2D eigenvalue weighted by Gasteiger charge is 2.38. The first kappa shape index (κ1) is 19.1. The van der Waals surface area contributed by atoms with E-state index in [0.717, 1.165) is 13.1 Å². The molecule has 0 atom stereocenters. The molecule has 6 heteroatoms. The van der Waals surface area contributed by atoms with Crippen LogP contribution in [0.25, 0.3) is 0 Å². The number of fused-ring (bicyclic) bond motifs is 1. The topological polar surface area (TPSA) is 66.9 Å². The van der Waals surface area contributed by atoms with Crippen LogP contribution in [0, 0.1) is 13.8 Å². The summed E-state index contributed by atoms with van der Waals surface area (Å²) in [5.74, 6) is -1.06. The normalized spacial score (nSPS) is 13.6. The predicted octanol–water partition coefficient (Wildman–Crippen LogP) is 2.42. The lowest BCUT2D eigenvalue weighted by Crippen LogP contribution is -2.38. The van der Waals surface area contributed by atoms with E-state index in [-0.39, 0.29) is 18.4 Å². The monoisotopic (exact) mass is 346 g/mol. The predicted molar refractivity (Wildman–Crippen MR) is 95.0 cm³/mol. The fourth-order valence-corrected chi connectivity index (χ4v) is 3.30. The van der Waals surface area contributed by atoms with Gasteiger partial charge in [-0.1, -0.05) is 13.8 Å². The lowest BCUT2D eigenvalue weighted by atomic mass is 9.94. The standard InChI is InChI=1S/C19H26N2O4/c1-6-20(7-2)9-10-21-17(22)14-11-12(4)15(19(24)25-8-3)13(5)16(14)18(21)23/h11H,6-10H2,1-5H3. The van der Waals surface area contributed by atoms with Crippen LogP contribution in [0.1, 0.15) is 63.0 Å². The van der Waals surface area contributed by atoms with Gasteiger partial charge in [-0.05, 0) is 51.1 Å². The van der Waals surface area contributed by atoms with E-state index in [9.17, 15) is 14.4 Å². The molecule has 0 bridgehead atoms. The lowest BCUT2D eigenvalue weighted by molar-refractivity contribution is 0.0524. The minimum atomic E-state index is -0.456. The molecule has 0 aliphatic carbocycles. The number of rotatable bonds is 7. The number of benzene rings is 1. The molecule has 0 fully saturated rings. The molecule has 0 spiro atoms. The van der Waals surface area contributed by atoms with E-state index in [4.69, 9.17) is 4.74 Å². The van der Waals surface area contributed by atoms with Gasteiger partial charge in [-0.2, -0.15) is 0 Å². The maximum Gasteiger partial charge on any atom is 0.338 e. The molecule has 1 aliphatic rings. The van der Waals surface area contributed by atoms with Gasteiger partial charge in [0, 0.05) is 13.1 Å². The maximum atomic E-state index is 12.8. The van der Waals surface area contributed by atoms with Gasteiger partial charge in [0.2, 0.25) is 0 Å². The number of aryl methyl sites for hydroxylation is 1. The molecule has 1 aromatic rings. The number of esters is 1. The summed E-state index contributed by atoms with van der Waals surface area (Å²) in [5, 5.41) is 0. The number of likely N-dealkylation sites (N-methyl/N-ethyl adjacent to an activating group) is 1. The van der Waals surface area contributed by atoms with Crippen molar-refractivity contribution >= 4 is 17.8 Å². The van der Waals surface area contributed by atoms with Crippen molar-refractivity contribution in [1.29, 1.82) is 0 Å². The van der Waals surface area contributed by atoms with E-state index >= 15 is 0 Å². The number of nitrogens with zero attached hydrogens (tertiary/aromatic N) is 2. The molecule has 25 heavy (non-hydrogen) atoms. The van der Waals surface area contributed by atoms with Gasteiger partial charge in [-0.25, -0.2) is 4.79 Å². The smallest absolute Gasteiger partial charge is 0.338 e. The molecular weight excluding hydrogens is 320 g/mol. The van der Waals surface area contributed by atoms with Gasteiger partial charge in [0.1, 0.15) is 0 Å². The van der Waals surface area contributed by atoms with Gasteiger partial charge >= 0.3 is 5.97 Å². The Morgan fingerprint density at radius 2 is 1.76 bits per heavy atom. The van der Waals surface area contributed by atoms with E-state index in [2.05, 4.69) is 4.90 Å². The SMILES string of the molecule is CCOC(=O)c1c(C)cc2c(c1C)C(=O)N(CCN(CC)CC)C2=O. The minimum absolute atomic E-state index is 0.262. The van der Waals surface area contributed by atoms with Crippen LogP contribution in [0.4, 0.5) is 0 Å².